The average Bonchev–Trinajstić information content (AvgIpc) is 3.52. The zero-order valence-corrected chi connectivity index (χ0v) is 23.3. The van der Waals surface area contributed by atoms with Gasteiger partial charge in [-0.05, 0) is 57.0 Å². The number of hydrogen-bond donors (Lipinski definition) is 1. The van der Waals surface area contributed by atoms with Gasteiger partial charge >= 0.3 is 17.9 Å². The van der Waals surface area contributed by atoms with Crippen LogP contribution in [0.25, 0.3) is 22.6 Å². The van der Waals surface area contributed by atoms with Crippen LogP contribution < -0.4 is 5.32 Å². The van der Waals surface area contributed by atoms with Gasteiger partial charge < -0.3 is 23.9 Å². The van der Waals surface area contributed by atoms with Gasteiger partial charge in [0.2, 0.25) is 5.89 Å². The van der Waals surface area contributed by atoms with Gasteiger partial charge in [-0.3, -0.25) is 4.79 Å². The number of oxazole rings is 1. The van der Waals surface area contributed by atoms with E-state index in [1.165, 1.54) is 0 Å². The summed E-state index contributed by atoms with van der Waals surface area (Å²) in [6.07, 6.45) is -1.06. The summed E-state index contributed by atoms with van der Waals surface area (Å²) in [5.74, 6) is -2.49. The largest absolute Gasteiger partial charge is 0.462 e. The third-order valence-corrected chi connectivity index (χ3v) is 7.09. The molecular formula is C29H28N2O8S. The lowest BCUT2D eigenvalue weighted by molar-refractivity contribution is -0.124. The van der Waals surface area contributed by atoms with Crippen LogP contribution in [0.1, 0.15) is 63.1 Å². The predicted molar refractivity (Wildman–Crippen MR) is 149 cm³/mol. The average molecular weight is 565 g/mol. The van der Waals surface area contributed by atoms with Crippen LogP contribution in [-0.2, 0) is 19.0 Å². The molecule has 0 saturated carbocycles. The Morgan fingerprint density at radius 1 is 0.925 bits per heavy atom. The highest BCUT2D eigenvalue weighted by atomic mass is 32.1. The second-order valence-electron chi connectivity index (χ2n) is 8.53. The van der Waals surface area contributed by atoms with Gasteiger partial charge in [-0.15, -0.1) is 11.3 Å². The summed E-state index contributed by atoms with van der Waals surface area (Å²) >= 11 is 0.893. The molecule has 1 amide bonds. The lowest BCUT2D eigenvalue weighted by Crippen LogP contribution is -2.32. The minimum absolute atomic E-state index is 0.0470. The molecule has 0 fully saturated rings. The van der Waals surface area contributed by atoms with Crippen molar-refractivity contribution in [2.24, 2.45) is 0 Å². The minimum Gasteiger partial charge on any atom is -0.462 e. The van der Waals surface area contributed by atoms with Crippen LogP contribution in [0.4, 0.5) is 5.00 Å². The Kier molecular flexibility index (Phi) is 8.95. The van der Waals surface area contributed by atoms with Gasteiger partial charge in [0.25, 0.3) is 5.91 Å². The van der Waals surface area contributed by atoms with Crippen molar-refractivity contribution in [2.75, 3.05) is 18.5 Å². The number of nitrogens with zero attached hydrogens (tertiary/aromatic N) is 1. The molecule has 0 spiro atoms. The van der Waals surface area contributed by atoms with Gasteiger partial charge in [-0.25, -0.2) is 19.4 Å². The number of para-hydroxylation sites is 2. The van der Waals surface area contributed by atoms with Crippen molar-refractivity contribution in [1.82, 2.24) is 4.98 Å². The Bertz CT molecular complexity index is 1540. The van der Waals surface area contributed by atoms with Gasteiger partial charge in [0, 0.05) is 0 Å². The van der Waals surface area contributed by atoms with E-state index in [2.05, 4.69) is 10.3 Å². The number of fused-ring (bicyclic) bond motifs is 1. The predicted octanol–water partition coefficient (Wildman–Crippen LogP) is 5.79. The smallest absolute Gasteiger partial charge is 0.348 e. The molecule has 1 unspecified atom stereocenters. The lowest BCUT2D eigenvalue weighted by atomic mass is 10.1. The molecule has 4 aromatic rings. The second kappa shape index (κ2) is 12.6. The molecular weight excluding hydrogens is 536 g/mol. The van der Waals surface area contributed by atoms with Crippen molar-refractivity contribution in [2.45, 2.75) is 40.2 Å². The van der Waals surface area contributed by atoms with E-state index in [0.29, 0.717) is 22.2 Å². The number of anilines is 1. The lowest BCUT2D eigenvalue weighted by Gasteiger charge is -2.17. The van der Waals surface area contributed by atoms with Crippen molar-refractivity contribution in [1.29, 1.82) is 0 Å². The third-order valence-electron chi connectivity index (χ3n) is 5.91. The van der Waals surface area contributed by atoms with Gasteiger partial charge in [0.1, 0.15) is 15.4 Å². The van der Waals surface area contributed by atoms with Gasteiger partial charge in [-0.2, -0.15) is 0 Å². The minimum atomic E-state index is -1.20. The molecule has 0 aliphatic carbocycles. The van der Waals surface area contributed by atoms with Gasteiger partial charge in [-0.1, -0.05) is 31.2 Å². The molecule has 2 aromatic carbocycles. The summed E-state index contributed by atoms with van der Waals surface area (Å²) in [5, 5.41) is 2.75. The summed E-state index contributed by atoms with van der Waals surface area (Å²) < 4.78 is 21.7. The zero-order valence-electron chi connectivity index (χ0n) is 22.4. The van der Waals surface area contributed by atoms with Crippen molar-refractivity contribution >= 4 is 51.3 Å². The fourth-order valence-corrected chi connectivity index (χ4v) is 5.08. The number of hydrogen-bond acceptors (Lipinski definition) is 10. The fraction of sp³-hybridized carbons (Fsp3) is 0.276. The van der Waals surface area contributed by atoms with E-state index in [-0.39, 0.29) is 46.5 Å². The Balaban J connectivity index is 1.58. The number of benzene rings is 2. The highest BCUT2D eigenvalue weighted by Crippen LogP contribution is 2.35. The summed E-state index contributed by atoms with van der Waals surface area (Å²) in [4.78, 5) is 56.3. The number of rotatable bonds is 10. The Morgan fingerprint density at radius 2 is 1.60 bits per heavy atom. The molecule has 11 heteroatoms. The molecule has 10 nitrogen and oxygen atoms in total. The Morgan fingerprint density at radius 3 is 2.30 bits per heavy atom. The number of carbonyl (C=O) groups is 4. The molecule has 0 saturated heterocycles. The number of ether oxygens (including phenoxy) is 3. The molecule has 1 N–H and O–H groups in total. The zero-order chi connectivity index (χ0) is 28.8. The molecule has 4 rings (SSSR count). The van der Waals surface area contributed by atoms with Crippen molar-refractivity contribution in [3.05, 3.63) is 70.1 Å². The summed E-state index contributed by atoms with van der Waals surface area (Å²) in [6, 6.07) is 13.9. The quantitative estimate of drug-likeness (QED) is 0.187. The first-order valence-corrected chi connectivity index (χ1v) is 13.5. The second-order valence-corrected chi connectivity index (χ2v) is 9.55. The first-order chi connectivity index (χ1) is 19.3. The van der Waals surface area contributed by atoms with Crippen LogP contribution in [-0.4, -0.2) is 48.1 Å². The fourth-order valence-electron chi connectivity index (χ4n) is 3.98. The normalized spacial score (nSPS) is 11.6. The molecule has 40 heavy (non-hydrogen) atoms. The SMILES string of the molecule is CCOC(=O)c1sc(NC(=O)C(CC)OC(=O)c2ccccc2-c2nc3ccccc3o2)c(C(=O)OCC)c1C. The maximum atomic E-state index is 13.3. The summed E-state index contributed by atoms with van der Waals surface area (Å²) in [7, 11) is 0. The number of carbonyl (C=O) groups excluding carboxylic acids is 4. The highest BCUT2D eigenvalue weighted by molar-refractivity contribution is 7.18. The third kappa shape index (κ3) is 5.89. The Hall–Kier alpha value is -4.51. The van der Waals surface area contributed by atoms with E-state index < -0.39 is 29.9 Å². The van der Waals surface area contributed by atoms with Crippen LogP contribution >= 0.6 is 11.3 Å². The van der Waals surface area contributed by atoms with E-state index in [9.17, 15) is 19.2 Å². The summed E-state index contributed by atoms with van der Waals surface area (Å²) in [5.41, 5.74) is 2.16. The van der Waals surface area contributed by atoms with Crippen molar-refractivity contribution in [3.8, 4) is 11.5 Å². The monoisotopic (exact) mass is 564 g/mol. The first kappa shape index (κ1) is 28.5. The van der Waals surface area contributed by atoms with Crippen molar-refractivity contribution < 1.29 is 37.8 Å². The molecule has 2 heterocycles. The highest BCUT2D eigenvalue weighted by Gasteiger charge is 2.30. The standard InChI is InChI=1S/C29H28N2O8S/c1-5-20(24(32)31-26-22(28(34)36-6-2)16(4)23(40-26)29(35)37-7-3)39-27(33)18-13-9-8-12-17(18)25-30-19-14-10-11-15-21(19)38-25/h8-15,20H,5-7H2,1-4H3,(H,31,32). The van der Waals surface area contributed by atoms with E-state index in [4.69, 9.17) is 18.6 Å². The van der Waals surface area contributed by atoms with E-state index in [0.717, 1.165) is 11.3 Å². The van der Waals surface area contributed by atoms with Gasteiger partial charge in [0.05, 0.1) is 29.9 Å². The van der Waals surface area contributed by atoms with Crippen LogP contribution in [0.2, 0.25) is 0 Å². The number of amides is 1. The van der Waals surface area contributed by atoms with Crippen LogP contribution in [0.15, 0.2) is 52.9 Å². The molecule has 208 valence electrons. The number of thiophene rings is 1. The van der Waals surface area contributed by atoms with Crippen molar-refractivity contribution in [3.63, 3.8) is 0 Å². The van der Waals surface area contributed by atoms with E-state index >= 15 is 0 Å². The van der Waals surface area contributed by atoms with E-state index in [1.807, 2.05) is 12.1 Å². The molecule has 0 bridgehead atoms. The molecule has 0 aliphatic rings. The number of aromatic nitrogens is 1. The molecule has 0 radical (unpaired) electrons. The van der Waals surface area contributed by atoms with E-state index in [1.54, 1.807) is 64.1 Å². The number of esters is 3. The Labute approximate surface area is 234 Å². The number of nitrogens with one attached hydrogen (secondary N) is 1. The first-order valence-electron chi connectivity index (χ1n) is 12.7. The topological polar surface area (TPSA) is 134 Å². The van der Waals surface area contributed by atoms with Crippen LogP contribution in [0.5, 0.6) is 0 Å². The molecule has 2 aromatic heterocycles. The molecule has 0 aliphatic heterocycles. The molecule has 1 atom stereocenters. The maximum Gasteiger partial charge on any atom is 0.348 e. The summed E-state index contributed by atoms with van der Waals surface area (Å²) in [6.45, 7) is 6.81. The maximum absolute atomic E-state index is 13.3. The van der Waals surface area contributed by atoms with Gasteiger partial charge in [0.15, 0.2) is 11.7 Å². The van der Waals surface area contributed by atoms with Crippen LogP contribution in [0, 0.1) is 6.92 Å². The van der Waals surface area contributed by atoms with Crippen LogP contribution in [0.3, 0.4) is 0 Å².